The Labute approximate surface area is 156 Å². The van der Waals surface area contributed by atoms with Crippen LogP contribution < -0.4 is 10.6 Å². The van der Waals surface area contributed by atoms with Crippen LogP contribution in [0.25, 0.3) is 0 Å². The second kappa shape index (κ2) is 10.1. The van der Waals surface area contributed by atoms with Crippen LogP contribution >= 0.6 is 0 Å². The fourth-order valence-electron chi connectivity index (χ4n) is 2.46. The highest BCUT2D eigenvalue weighted by Gasteiger charge is 2.27. The molecular weight excluding hydrogens is 352 g/mol. The normalized spacial score (nSPS) is 12.8. The molecule has 0 aliphatic carbocycles. The van der Waals surface area contributed by atoms with Gasteiger partial charge in [0.2, 0.25) is 5.91 Å². The van der Waals surface area contributed by atoms with Gasteiger partial charge in [0, 0.05) is 26.6 Å². The van der Waals surface area contributed by atoms with E-state index in [4.69, 9.17) is 9.15 Å². The van der Waals surface area contributed by atoms with Crippen molar-refractivity contribution in [2.24, 2.45) is 0 Å². The van der Waals surface area contributed by atoms with Crippen molar-refractivity contribution in [3.8, 4) is 0 Å². The quantitative estimate of drug-likeness (QED) is 0.576. The summed E-state index contributed by atoms with van der Waals surface area (Å²) in [6.07, 6.45) is 1.67. The fraction of sp³-hybridized carbons (Fsp3) is 0.316. The summed E-state index contributed by atoms with van der Waals surface area (Å²) in [5.41, 5.74) is 0.821. The summed E-state index contributed by atoms with van der Waals surface area (Å²) in [5.74, 6) is -2.26. The van der Waals surface area contributed by atoms with Crippen LogP contribution in [0.15, 0.2) is 53.1 Å². The van der Waals surface area contributed by atoms with Gasteiger partial charge in [-0.1, -0.05) is 30.3 Å². The van der Waals surface area contributed by atoms with Gasteiger partial charge in [0.15, 0.2) is 5.76 Å². The summed E-state index contributed by atoms with van der Waals surface area (Å²) in [6, 6.07) is 10.1. The zero-order valence-electron chi connectivity index (χ0n) is 14.9. The van der Waals surface area contributed by atoms with Crippen LogP contribution in [0.4, 0.5) is 0 Å². The number of aliphatic carboxylic acids is 1. The molecule has 1 aromatic carbocycles. The molecule has 0 spiro atoms. The van der Waals surface area contributed by atoms with Crippen LogP contribution in [-0.2, 0) is 20.7 Å². The molecule has 1 aromatic heterocycles. The molecule has 2 aromatic rings. The lowest BCUT2D eigenvalue weighted by Gasteiger charge is -2.21. The van der Waals surface area contributed by atoms with E-state index in [9.17, 15) is 19.5 Å². The Balaban J connectivity index is 2.12. The van der Waals surface area contributed by atoms with Gasteiger partial charge in [0.05, 0.1) is 6.26 Å². The molecule has 0 radical (unpaired) electrons. The molecule has 0 aliphatic rings. The monoisotopic (exact) mass is 374 g/mol. The Hall–Kier alpha value is -3.13. The van der Waals surface area contributed by atoms with Crippen LogP contribution in [0.1, 0.15) is 22.5 Å². The summed E-state index contributed by atoms with van der Waals surface area (Å²) in [5, 5.41) is 14.3. The summed E-state index contributed by atoms with van der Waals surface area (Å²) in [7, 11) is 1.45. The average Bonchev–Trinajstić information content (AvgIpc) is 3.20. The van der Waals surface area contributed by atoms with Gasteiger partial charge in [-0.2, -0.15) is 0 Å². The Morgan fingerprint density at radius 1 is 1.07 bits per heavy atom. The van der Waals surface area contributed by atoms with Gasteiger partial charge >= 0.3 is 5.97 Å². The van der Waals surface area contributed by atoms with E-state index in [-0.39, 0.29) is 25.2 Å². The van der Waals surface area contributed by atoms with Gasteiger partial charge in [0.1, 0.15) is 12.1 Å². The van der Waals surface area contributed by atoms with E-state index in [1.807, 2.05) is 30.3 Å². The van der Waals surface area contributed by atoms with Crippen molar-refractivity contribution >= 4 is 17.8 Å². The first-order valence-corrected chi connectivity index (χ1v) is 8.41. The largest absolute Gasteiger partial charge is 0.480 e. The molecule has 2 amide bonds. The number of carboxylic acid groups (broad SMARTS) is 1. The lowest BCUT2D eigenvalue weighted by molar-refractivity contribution is -0.142. The highest BCUT2D eigenvalue weighted by atomic mass is 16.5. The Morgan fingerprint density at radius 3 is 2.41 bits per heavy atom. The Morgan fingerprint density at radius 2 is 1.81 bits per heavy atom. The van der Waals surface area contributed by atoms with E-state index >= 15 is 0 Å². The number of hydrogen-bond acceptors (Lipinski definition) is 5. The van der Waals surface area contributed by atoms with Gasteiger partial charge in [0.25, 0.3) is 5.91 Å². The van der Waals surface area contributed by atoms with E-state index in [2.05, 4.69) is 10.6 Å². The fourth-order valence-corrected chi connectivity index (χ4v) is 2.46. The van der Waals surface area contributed by atoms with Crippen molar-refractivity contribution in [2.45, 2.75) is 24.9 Å². The summed E-state index contributed by atoms with van der Waals surface area (Å²) < 4.78 is 9.92. The van der Waals surface area contributed by atoms with E-state index in [0.717, 1.165) is 5.56 Å². The van der Waals surface area contributed by atoms with E-state index in [1.165, 1.54) is 19.4 Å². The summed E-state index contributed by atoms with van der Waals surface area (Å²) in [6.45, 7) is 0.180. The first-order chi connectivity index (χ1) is 13.0. The van der Waals surface area contributed by atoms with Gasteiger partial charge in [-0.05, 0) is 17.7 Å². The second-order valence-corrected chi connectivity index (χ2v) is 5.87. The molecule has 0 saturated carbocycles. The topological polar surface area (TPSA) is 118 Å². The van der Waals surface area contributed by atoms with Crippen LogP contribution in [-0.4, -0.2) is 48.7 Å². The number of carboxylic acids is 1. The van der Waals surface area contributed by atoms with Gasteiger partial charge < -0.3 is 24.9 Å². The highest BCUT2D eigenvalue weighted by molar-refractivity contribution is 5.96. The minimum absolute atomic E-state index is 0.0648. The molecular formula is C19H22N2O6. The number of furan rings is 1. The average molecular weight is 374 g/mol. The molecule has 1 heterocycles. The maximum Gasteiger partial charge on any atom is 0.326 e. The Bertz CT molecular complexity index is 745. The number of rotatable bonds is 10. The van der Waals surface area contributed by atoms with Crippen molar-refractivity contribution in [1.29, 1.82) is 0 Å². The van der Waals surface area contributed by atoms with Crippen molar-refractivity contribution in [3.63, 3.8) is 0 Å². The number of hydrogen-bond donors (Lipinski definition) is 3. The second-order valence-electron chi connectivity index (χ2n) is 5.87. The first kappa shape index (κ1) is 20.2. The summed E-state index contributed by atoms with van der Waals surface area (Å²) >= 11 is 0. The zero-order chi connectivity index (χ0) is 19.6. The Kier molecular flexibility index (Phi) is 7.57. The predicted octanol–water partition coefficient (Wildman–Crippen LogP) is 1.23. The number of amides is 2. The van der Waals surface area contributed by atoms with Crippen LogP contribution in [0.2, 0.25) is 0 Å². The van der Waals surface area contributed by atoms with Crippen LogP contribution in [0.5, 0.6) is 0 Å². The SMILES string of the molecule is COCCC(NC(=O)C(Cc1ccccc1)NC(=O)c1ccco1)C(=O)O. The number of carbonyl (C=O) groups is 3. The lowest BCUT2D eigenvalue weighted by Crippen LogP contribution is -2.52. The standard InChI is InChI=1S/C19H22N2O6/c1-26-11-9-14(19(24)25)20-17(22)15(12-13-6-3-2-4-7-13)21-18(23)16-8-5-10-27-16/h2-8,10,14-15H,9,11-12H2,1H3,(H,20,22)(H,21,23)(H,24,25). The molecule has 0 bridgehead atoms. The van der Waals surface area contributed by atoms with E-state index < -0.39 is 29.9 Å². The number of benzene rings is 1. The number of methoxy groups -OCH3 is 1. The van der Waals surface area contributed by atoms with E-state index in [0.29, 0.717) is 0 Å². The molecule has 0 saturated heterocycles. The van der Waals surface area contributed by atoms with Gasteiger partial charge in [-0.3, -0.25) is 9.59 Å². The molecule has 2 unspecified atom stereocenters. The van der Waals surface area contributed by atoms with Crippen LogP contribution in [0, 0.1) is 0 Å². The molecule has 27 heavy (non-hydrogen) atoms. The maximum absolute atomic E-state index is 12.7. The number of nitrogens with one attached hydrogen (secondary N) is 2. The molecule has 0 fully saturated rings. The molecule has 3 N–H and O–H groups in total. The highest BCUT2D eigenvalue weighted by Crippen LogP contribution is 2.07. The van der Waals surface area contributed by atoms with Gasteiger partial charge in [-0.25, -0.2) is 4.79 Å². The number of ether oxygens (including phenoxy) is 1. The molecule has 2 rings (SSSR count). The molecule has 144 valence electrons. The zero-order valence-corrected chi connectivity index (χ0v) is 14.9. The smallest absolute Gasteiger partial charge is 0.326 e. The van der Waals surface area contributed by atoms with Crippen molar-refractivity contribution in [3.05, 3.63) is 60.1 Å². The maximum atomic E-state index is 12.7. The van der Waals surface area contributed by atoms with Crippen molar-refractivity contribution in [1.82, 2.24) is 10.6 Å². The lowest BCUT2D eigenvalue weighted by atomic mass is 10.0. The first-order valence-electron chi connectivity index (χ1n) is 8.41. The minimum atomic E-state index is -1.17. The molecule has 2 atom stereocenters. The minimum Gasteiger partial charge on any atom is -0.480 e. The summed E-state index contributed by atoms with van der Waals surface area (Å²) in [4.78, 5) is 36.3. The van der Waals surface area contributed by atoms with Crippen LogP contribution in [0.3, 0.4) is 0 Å². The third-order valence-corrected chi connectivity index (χ3v) is 3.87. The molecule has 0 aliphatic heterocycles. The van der Waals surface area contributed by atoms with Crippen molar-refractivity contribution < 1.29 is 28.6 Å². The van der Waals surface area contributed by atoms with Crippen molar-refractivity contribution in [2.75, 3.05) is 13.7 Å². The number of carbonyl (C=O) groups excluding carboxylic acids is 2. The third kappa shape index (κ3) is 6.27. The van der Waals surface area contributed by atoms with E-state index in [1.54, 1.807) is 6.07 Å². The predicted molar refractivity (Wildman–Crippen MR) is 96.2 cm³/mol. The molecule has 8 heteroatoms. The third-order valence-electron chi connectivity index (χ3n) is 3.87. The molecule has 8 nitrogen and oxygen atoms in total. The van der Waals surface area contributed by atoms with Gasteiger partial charge in [-0.15, -0.1) is 0 Å².